The summed E-state index contributed by atoms with van der Waals surface area (Å²) in [6.07, 6.45) is 3.75. The van der Waals surface area contributed by atoms with E-state index in [0.717, 1.165) is 4.88 Å². The van der Waals surface area contributed by atoms with Crippen LogP contribution >= 0.6 is 11.3 Å². The van der Waals surface area contributed by atoms with Gasteiger partial charge in [-0.25, -0.2) is 15.1 Å². The van der Waals surface area contributed by atoms with Gasteiger partial charge in [-0.2, -0.15) is 17.2 Å². The Bertz CT molecular complexity index is 1500. The van der Waals surface area contributed by atoms with Crippen LogP contribution in [0.1, 0.15) is 61.6 Å². The molecule has 5 rings (SSSR count). The van der Waals surface area contributed by atoms with E-state index in [2.05, 4.69) is 19.1 Å². The van der Waals surface area contributed by atoms with Gasteiger partial charge in [-0.3, -0.25) is 14.0 Å². The Kier molecular flexibility index (Phi) is 7.61. The van der Waals surface area contributed by atoms with Gasteiger partial charge >= 0.3 is 16.2 Å². The molecule has 14 heteroatoms. The summed E-state index contributed by atoms with van der Waals surface area (Å²) in [4.78, 5) is 27.0. The zero-order valence-corrected chi connectivity index (χ0v) is 22.4. The number of ketones is 1. The zero-order valence-electron chi connectivity index (χ0n) is 20.8. The predicted molar refractivity (Wildman–Crippen MR) is 135 cm³/mol. The molecule has 0 saturated heterocycles. The maximum absolute atomic E-state index is 14.4. The molecule has 10 nitrogen and oxygen atoms in total. The Labute approximate surface area is 227 Å². The quantitative estimate of drug-likeness (QED) is 0.383. The topological polar surface area (TPSA) is 155 Å². The summed E-state index contributed by atoms with van der Waals surface area (Å²) in [7, 11) is -4.12. The molecule has 4 heterocycles. The molecule has 39 heavy (non-hydrogen) atoms. The summed E-state index contributed by atoms with van der Waals surface area (Å²) in [5.74, 6) is -4.01. The minimum atomic E-state index is -4.12. The van der Waals surface area contributed by atoms with E-state index >= 15 is 0 Å². The van der Waals surface area contributed by atoms with Crippen LogP contribution in [-0.2, 0) is 31.6 Å². The summed E-state index contributed by atoms with van der Waals surface area (Å²) in [6, 6.07) is 4.78. The van der Waals surface area contributed by atoms with Crippen molar-refractivity contribution >= 4 is 27.4 Å². The van der Waals surface area contributed by atoms with Crippen molar-refractivity contribution in [1.82, 2.24) is 15.0 Å². The lowest BCUT2D eigenvalue weighted by Gasteiger charge is -2.30. The molecule has 0 radical (unpaired) electrons. The van der Waals surface area contributed by atoms with E-state index in [0.29, 0.717) is 41.0 Å². The maximum Gasteiger partial charge on any atom is 0.333 e. The molecule has 4 atom stereocenters. The first-order valence-electron chi connectivity index (χ1n) is 12.2. The third-order valence-electron chi connectivity index (χ3n) is 7.08. The van der Waals surface area contributed by atoms with Gasteiger partial charge in [0, 0.05) is 28.8 Å². The molecular formula is C25H26F2N4O6S2. The monoisotopic (exact) mass is 580 g/mol. The summed E-state index contributed by atoms with van der Waals surface area (Å²) in [5, 5.41) is 15.3. The molecule has 1 aliphatic carbocycles. The fourth-order valence-corrected chi connectivity index (χ4v) is 6.63. The highest BCUT2D eigenvalue weighted by atomic mass is 32.2. The number of nitrogens with two attached hydrogens (primary N) is 1. The molecule has 1 aliphatic heterocycles. The highest BCUT2D eigenvalue weighted by Crippen LogP contribution is 2.44. The third-order valence-corrected chi connectivity index (χ3v) is 8.61. The van der Waals surface area contributed by atoms with E-state index < -0.39 is 41.0 Å². The summed E-state index contributed by atoms with van der Waals surface area (Å²) in [6.45, 7) is 0.763. The first-order chi connectivity index (χ1) is 18.4. The molecule has 1 unspecified atom stereocenters. The van der Waals surface area contributed by atoms with Crippen molar-refractivity contribution < 1.29 is 36.0 Å². The van der Waals surface area contributed by atoms with Crippen LogP contribution in [-0.4, -0.2) is 53.6 Å². The van der Waals surface area contributed by atoms with Crippen LogP contribution in [0.4, 0.5) is 8.78 Å². The van der Waals surface area contributed by atoms with Crippen molar-refractivity contribution in [3.8, 4) is 0 Å². The fraction of sp³-hybridized carbons (Fsp3) is 0.440. The Morgan fingerprint density at radius 2 is 2.10 bits per heavy atom. The zero-order chi connectivity index (χ0) is 27.9. The second-order valence-corrected chi connectivity index (χ2v) is 12.3. The smallest absolute Gasteiger partial charge is 0.333 e. The van der Waals surface area contributed by atoms with Crippen molar-refractivity contribution in [3.63, 3.8) is 0 Å². The number of aryl methyl sites for hydroxylation is 1. The van der Waals surface area contributed by atoms with Gasteiger partial charge in [-0.1, -0.05) is 6.07 Å². The number of alkyl halides is 2. The second kappa shape index (κ2) is 10.7. The van der Waals surface area contributed by atoms with Crippen molar-refractivity contribution in [2.24, 2.45) is 17.0 Å². The minimum Gasteiger partial charge on any atom is -0.393 e. The van der Waals surface area contributed by atoms with Gasteiger partial charge < -0.3 is 9.84 Å². The molecule has 3 aromatic rings. The number of hydrogen-bond acceptors (Lipinski definition) is 10. The number of thiophene rings is 1. The second-order valence-electron chi connectivity index (χ2n) is 9.82. The Balaban J connectivity index is 1.36. The van der Waals surface area contributed by atoms with Crippen molar-refractivity contribution in [3.05, 3.63) is 74.8 Å². The first kappa shape index (κ1) is 27.8. The van der Waals surface area contributed by atoms with Gasteiger partial charge in [-0.05, 0) is 49.8 Å². The number of aliphatic hydroxyl groups is 1. The van der Waals surface area contributed by atoms with Crippen LogP contribution in [0.2, 0.25) is 0 Å². The van der Waals surface area contributed by atoms with Crippen LogP contribution in [0.25, 0.3) is 0 Å². The highest BCUT2D eigenvalue weighted by molar-refractivity contribution is 7.84. The lowest BCUT2D eigenvalue weighted by molar-refractivity contribution is -0.119. The van der Waals surface area contributed by atoms with Gasteiger partial charge in [0.25, 0.3) is 0 Å². The number of halogens is 2. The Morgan fingerprint density at radius 1 is 1.31 bits per heavy atom. The van der Waals surface area contributed by atoms with Gasteiger partial charge in [0.15, 0.2) is 0 Å². The molecule has 0 aromatic carbocycles. The SMILES string of the molecule is Cc1sc(C(=O)c2cncnc2C[C@@H]2C[C@H](COS(N)(=O)=O)[C@@H](O)C2)cc1C1OCC(F)(F)c2ncccc21. The summed E-state index contributed by atoms with van der Waals surface area (Å²) in [5.41, 5.74) is 1.34. The van der Waals surface area contributed by atoms with Crippen LogP contribution in [0.5, 0.6) is 0 Å². The average Bonchev–Trinajstić information content (AvgIpc) is 3.44. The number of hydrogen-bond donors (Lipinski definition) is 2. The van der Waals surface area contributed by atoms with E-state index in [1.54, 1.807) is 25.1 Å². The number of fused-ring (bicyclic) bond motifs is 1. The van der Waals surface area contributed by atoms with Crippen molar-refractivity contribution in [1.29, 1.82) is 0 Å². The molecule has 2 aliphatic rings. The van der Waals surface area contributed by atoms with Crippen LogP contribution in [0.3, 0.4) is 0 Å². The van der Waals surface area contributed by atoms with Crippen LogP contribution in [0, 0.1) is 18.8 Å². The minimum absolute atomic E-state index is 0.0718. The number of aliphatic hydroxyl groups excluding tert-OH is 1. The van der Waals surface area contributed by atoms with Crippen LogP contribution in [0.15, 0.2) is 36.9 Å². The third kappa shape index (κ3) is 5.90. The normalized spacial score (nSPS) is 24.4. The lowest BCUT2D eigenvalue weighted by atomic mass is 9.94. The van der Waals surface area contributed by atoms with E-state index in [1.807, 2.05) is 0 Å². The standard InChI is InChI=1S/C25H26F2N4O6S2/c1-13-17(23-16-3-2-4-30-24(16)25(26,27)11-36-23)8-21(38-13)22(33)18-9-29-12-31-19(18)6-14-5-15(20(32)7-14)10-37-39(28,34)35/h2-4,8-9,12,14-15,20,23,32H,5-7,10-11H2,1H3,(H2,28,34,35)/t14-,15+,20-,23?/m0/s1. The fourth-order valence-electron chi connectivity index (χ4n) is 5.26. The van der Waals surface area contributed by atoms with Crippen molar-refractivity contribution in [2.75, 3.05) is 13.2 Å². The molecule has 1 fully saturated rings. The number of nitrogens with zero attached hydrogens (tertiary/aromatic N) is 3. The molecule has 0 amide bonds. The Morgan fingerprint density at radius 3 is 2.87 bits per heavy atom. The Hall–Kier alpha value is -2.75. The molecular weight excluding hydrogens is 554 g/mol. The molecule has 1 saturated carbocycles. The van der Waals surface area contributed by atoms with E-state index in [-0.39, 0.29) is 29.6 Å². The van der Waals surface area contributed by atoms with Gasteiger partial charge in [0.05, 0.1) is 28.8 Å². The molecule has 3 N–H and O–H groups in total. The molecule has 3 aromatic heterocycles. The van der Waals surface area contributed by atoms with Gasteiger partial charge in [-0.15, -0.1) is 11.3 Å². The number of ether oxygens (including phenoxy) is 1. The number of rotatable bonds is 8. The molecule has 208 valence electrons. The predicted octanol–water partition coefficient (Wildman–Crippen LogP) is 2.83. The van der Waals surface area contributed by atoms with Crippen molar-refractivity contribution in [2.45, 2.75) is 44.3 Å². The number of pyridine rings is 1. The maximum atomic E-state index is 14.4. The van der Waals surface area contributed by atoms with E-state index in [9.17, 15) is 27.1 Å². The molecule has 0 spiro atoms. The largest absolute Gasteiger partial charge is 0.393 e. The van der Waals surface area contributed by atoms with E-state index in [4.69, 9.17) is 9.88 Å². The first-order valence-corrected chi connectivity index (χ1v) is 14.5. The van der Waals surface area contributed by atoms with E-state index in [1.165, 1.54) is 30.1 Å². The van der Waals surface area contributed by atoms with Gasteiger partial charge in [0.2, 0.25) is 5.78 Å². The average molecular weight is 581 g/mol. The summed E-state index contributed by atoms with van der Waals surface area (Å²) < 4.78 is 61.2. The van der Waals surface area contributed by atoms with Crippen LogP contribution < -0.4 is 5.14 Å². The number of carbonyl (C=O) groups is 1. The number of aromatic nitrogens is 3. The van der Waals surface area contributed by atoms with Gasteiger partial charge in [0.1, 0.15) is 24.7 Å². The molecule has 0 bridgehead atoms. The summed E-state index contributed by atoms with van der Waals surface area (Å²) >= 11 is 1.23. The number of carbonyl (C=O) groups excluding carboxylic acids is 1. The highest BCUT2D eigenvalue weighted by Gasteiger charge is 2.44. The lowest BCUT2D eigenvalue weighted by Crippen LogP contribution is -2.32.